The molecule has 1 aromatic carbocycles. The topological polar surface area (TPSA) is 23.8 Å². The van der Waals surface area contributed by atoms with Gasteiger partial charge in [-0.15, -0.1) is 0 Å². The molecule has 1 nitrogen and oxygen atoms in total. The summed E-state index contributed by atoms with van der Waals surface area (Å²) in [6.07, 6.45) is 3.48. The highest BCUT2D eigenvalue weighted by Crippen LogP contribution is 2.43. The molecule has 0 saturated heterocycles. The summed E-state index contributed by atoms with van der Waals surface area (Å²) >= 11 is 2.51. The maximum Gasteiger partial charge on any atom is 0.0994 e. The first-order valence-corrected chi connectivity index (χ1v) is 5.94. The zero-order valence-electron chi connectivity index (χ0n) is 8.18. The van der Waals surface area contributed by atoms with E-state index in [1.54, 1.807) is 0 Å². The second-order valence-corrected chi connectivity index (χ2v) is 6.38. The summed E-state index contributed by atoms with van der Waals surface area (Å²) in [5.41, 5.74) is 3.51. The molecule has 0 amide bonds. The van der Waals surface area contributed by atoms with Gasteiger partial charge in [0.05, 0.1) is 11.6 Å². The van der Waals surface area contributed by atoms with Crippen LogP contribution < -0.4 is 0 Å². The number of halogens is 1. The molecule has 0 spiro atoms. The van der Waals surface area contributed by atoms with E-state index in [1.807, 2.05) is 12.1 Å². The lowest BCUT2D eigenvalue weighted by Crippen LogP contribution is -2.21. The van der Waals surface area contributed by atoms with E-state index in [4.69, 9.17) is 5.26 Å². The quantitative estimate of drug-likeness (QED) is 0.531. The molecule has 0 heterocycles. The van der Waals surface area contributed by atoms with Crippen LogP contribution in [0.1, 0.15) is 36.5 Å². The minimum absolute atomic E-state index is 0.220. The molecule has 1 aromatic rings. The van der Waals surface area contributed by atoms with Gasteiger partial charge in [-0.1, -0.05) is 34.7 Å². The van der Waals surface area contributed by atoms with Gasteiger partial charge in [0.25, 0.3) is 0 Å². The Morgan fingerprint density at radius 3 is 3.00 bits per heavy atom. The van der Waals surface area contributed by atoms with Crippen molar-refractivity contribution in [2.75, 3.05) is 0 Å². The summed E-state index contributed by atoms with van der Waals surface area (Å²) in [5, 5.41) is 9.01. The molecule has 2 rings (SSSR count). The number of nitrogens with zero attached hydrogens (tertiary/aromatic N) is 1. The molecule has 1 aliphatic carbocycles. The summed E-state index contributed by atoms with van der Waals surface area (Å²) in [7, 11) is 0. The second kappa shape index (κ2) is 3.54. The van der Waals surface area contributed by atoms with Gasteiger partial charge < -0.3 is 0 Å². The molecule has 72 valence electrons. The van der Waals surface area contributed by atoms with Crippen molar-refractivity contribution in [3.63, 3.8) is 0 Å². The van der Waals surface area contributed by atoms with E-state index in [1.165, 1.54) is 24.0 Å². The van der Waals surface area contributed by atoms with Crippen LogP contribution in [0.3, 0.4) is 0 Å². The molecule has 0 N–H and O–H groups in total. The third kappa shape index (κ3) is 1.54. The van der Waals surface area contributed by atoms with Gasteiger partial charge in [0.1, 0.15) is 0 Å². The highest BCUT2D eigenvalue weighted by molar-refractivity contribution is 14.1. The molecule has 0 saturated carbocycles. The summed E-state index contributed by atoms with van der Waals surface area (Å²) in [6.45, 7) is 2.26. The van der Waals surface area contributed by atoms with Gasteiger partial charge in [-0.2, -0.15) is 5.26 Å². The van der Waals surface area contributed by atoms with Crippen LogP contribution in [-0.4, -0.2) is 0 Å². The molecule has 0 aliphatic heterocycles. The molecule has 1 atom stereocenters. The Balaban J connectivity index is 2.62. The summed E-state index contributed by atoms with van der Waals surface area (Å²) in [5.74, 6) is 0. The van der Waals surface area contributed by atoms with Crippen molar-refractivity contribution < 1.29 is 0 Å². The molecule has 0 bridgehead atoms. The molecular weight excluding hydrogens is 285 g/mol. The third-order valence-electron chi connectivity index (χ3n) is 2.93. The maximum atomic E-state index is 9.01. The summed E-state index contributed by atoms with van der Waals surface area (Å²) in [6, 6.07) is 8.39. The standard InChI is InChI=1S/C12H12IN/c1-12(13)7-3-5-10-9(8-14)4-2-6-11(10)12/h2,4,6H,3,5,7H2,1H3. The molecule has 14 heavy (non-hydrogen) atoms. The minimum Gasteiger partial charge on any atom is -0.192 e. The Kier molecular flexibility index (Phi) is 2.52. The minimum atomic E-state index is 0.220. The van der Waals surface area contributed by atoms with Gasteiger partial charge in [0.2, 0.25) is 0 Å². The molecule has 0 aromatic heterocycles. The molecule has 0 radical (unpaired) electrons. The Morgan fingerprint density at radius 2 is 2.29 bits per heavy atom. The van der Waals surface area contributed by atoms with E-state index in [-0.39, 0.29) is 3.42 Å². The Morgan fingerprint density at radius 1 is 1.50 bits per heavy atom. The van der Waals surface area contributed by atoms with Gasteiger partial charge in [-0.25, -0.2) is 0 Å². The van der Waals surface area contributed by atoms with Crippen LogP contribution in [0.25, 0.3) is 0 Å². The Hall–Kier alpha value is -0.560. The average Bonchev–Trinajstić information content (AvgIpc) is 2.17. The number of hydrogen-bond donors (Lipinski definition) is 0. The first-order chi connectivity index (χ1) is 6.65. The third-order valence-corrected chi connectivity index (χ3v) is 4.05. The van der Waals surface area contributed by atoms with E-state index in [0.29, 0.717) is 0 Å². The van der Waals surface area contributed by atoms with Crippen LogP contribution in [0.5, 0.6) is 0 Å². The zero-order valence-corrected chi connectivity index (χ0v) is 10.3. The van der Waals surface area contributed by atoms with Gasteiger partial charge in [-0.3, -0.25) is 0 Å². The van der Waals surface area contributed by atoms with Crippen LogP contribution in [0, 0.1) is 11.3 Å². The second-order valence-electron chi connectivity index (χ2n) is 3.99. The number of nitriles is 1. The predicted molar refractivity (Wildman–Crippen MR) is 65.5 cm³/mol. The van der Waals surface area contributed by atoms with Gasteiger partial charge in [0.15, 0.2) is 0 Å². The van der Waals surface area contributed by atoms with E-state index in [2.05, 4.69) is 41.7 Å². The monoisotopic (exact) mass is 297 g/mol. The fourth-order valence-electron chi connectivity index (χ4n) is 2.18. The fraction of sp³-hybridized carbons (Fsp3) is 0.417. The molecular formula is C12H12IN. The summed E-state index contributed by atoms with van der Waals surface area (Å²) < 4.78 is 0.220. The molecule has 0 fully saturated rings. The number of hydrogen-bond acceptors (Lipinski definition) is 1. The van der Waals surface area contributed by atoms with Crippen LogP contribution >= 0.6 is 22.6 Å². The normalized spacial score (nSPS) is 25.2. The van der Waals surface area contributed by atoms with Crippen molar-refractivity contribution in [3.8, 4) is 6.07 Å². The lowest BCUT2D eigenvalue weighted by Gasteiger charge is -2.31. The Labute approximate surface area is 98.3 Å². The van der Waals surface area contributed by atoms with Crippen molar-refractivity contribution in [1.82, 2.24) is 0 Å². The number of rotatable bonds is 0. The number of fused-ring (bicyclic) bond motifs is 1. The van der Waals surface area contributed by atoms with E-state index in [9.17, 15) is 0 Å². The van der Waals surface area contributed by atoms with Crippen LogP contribution in [0.4, 0.5) is 0 Å². The number of alkyl halides is 1. The van der Waals surface area contributed by atoms with Crippen molar-refractivity contribution in [1.29, 1.82) is 5.26 Å². The van der Waals surface area contributed by atoms with Crippen LogP contribution in [-0.2, 0) is 9.84 Å². The van der Waals surface area contributed by atoms with E-state index >= 15 is 0 Å². The van der Waals surface area contributed by atoms with Crippen molar-refractivity contribution in [2.24, 2.45) is 0 Å². The lowest BCUT2D eigenvalue weighted by molar-refractivity contribution is 0.568. The Bertz CT molecular complexity index is 401. The van der Waals surface area contributed by atoms with Crippen LogP contribution in [0.15, 0.2) is 18.2 Å². The maximum absolute atomic E-state index is 9.01. The fourth-order valence-corrected chi connectivity index (χ4v) is 3.07. The highest BCUT2D eigenvalue weighted by atomic mass is 127. The molecule has 1 unspecified atom stereocenters. The average molecular weight is 297 g/mol. The molecule has 1 aliphatic rings. The smallest absolute Gasteiger partial charge is 0.0994 e. The first-order valence-electron chi connectivity index (χ1n) is 4.86. The molecule has 2 heteroatoms. The van der Waals surface area contributed by atoms with Crippen molar-refractivity contribution in [3.05, 3.63) is 34.9 Å². The predicted octanol–water partition coefficient (Wildman–Crippen LogP) is 3.54. The van der Waals surface area contributed by atoms with E-state index in [0.717, 1.165) is 12.0 Å². The van der Waals surface area contributed by atoms with Crippen molar-refractivity contribution >= 4 is 22.6 Å². The van der Waals surface area contributed by atoms with Gasteiger partial charge in [-0.05, 0) is 43.4 Å². The highest BCUT2D eigenvalue weighted by Gasteiger charge is 2.29. The van der Waals surface area contributed by atoms with Crippen LogP contribution in [0.2, 0.25) is 0 Å². The van der Waals surface area contributed by atoms with Crippen molar-refractivity contribution in [2.45, 2.75) is 29.6 Å². The largest absolute Gasteiger partial charge is 0.192 e. The number of benzene rings is 1. The lowest BCUT2D eigenvalue weighted by atomic mass is 9.82. The first kappa shape index (κ1) is 9.97. The van der Waals surface area contributed by atoms with Gasteiger partial charge >= 0.3 is 0 Å². The zero-order chi connectivity index (χ0) is 10.2. The summed E-state index contributed by atoms with van der Waals surface area (Å²) in [4.78, 5) is 0. The van der Waals surface area contributed by atoms with E-state index < -0.39 is 0 Å². The SMILES string of the molecule is CC1(I)CCCc2c(C#N)cccc21. The van der Waals surface area contributed by atoms with Gasteiger partial charge in [0, 0.05) is 3.42 Å².